The Morgan fingerprint density at radius 1 is 1.33 bits per heavy atom. The maximum Gasteiger partial charge on any atom is 0.409 e. The number of nitrogens with two attached hydrogens (primary N) is 1. The lowest BCUT2D eigenvalue weighted by atomic mass is 10.1. The van der Waals surface area contributed by atoms with Crippen LogP contribution < -0.4 is 15.8 Å². The molecule has 0 aliphatic carbocycles. The molecule has 0 aromatic heterocycles. The van der Waals surface area contributed by atoms with Crippen molar-refractivity contribution in [1.82, 2.24) is 10.2 Å². The zero-order chi connectivity index (χ0) is 18.8. The molecule has 2 rings (SSSR count). The molecule has 0 atom stereocenters. The molecular formula is C18H28FIN4O3. The Morgan fingerprint density at radius 3 is 2.63 bits per heavy atom. The summed E-state index contributed by atoms with van der Waals surface area (Å²) in [4.78, 5) is 17.6. The van der Waals surface area contributed by atoms with Crippen molar-refractivity contribution in [2.45, 2.75) is 32.2 Å². The normalized spacial score (nSPS) is 15.0. The predicted octanol–water partition coefficient (Wildman–Crippen LogP) is 2.74. The van der Waals surface area contributed by atoms with Crippen molar-refractivity contribution in [3.05, 3.63) is 30.1 Å². The van der Waals surface area contributed by atoms with Crippen LogP contribution in [0.3, 0.4) is 0 Å². The van der Waals surface area contributed by atoms with Gasteiger partial charge in [0.1, 0.15) is 11.6 Å². The second-order valence-corrected chi connectivity index (χ2v) is 6.03. The molecular weight excluding hydrogens is 466 g/mol. The van der Waals surface area contributed by atoms with Crippen LogP contribution in [0.15, 0.2) is 29.3 Å². The molecule has 1 amide bonds. The molecule has 1 saturated heterocycles. The Morgan fingerprint density at radius 2 is 2.00 bits per heavy atom. The summed E-state index contributed by atoms with van der Waals surface area (Å²) < 4.78 is 23.3. The summed E-state index contributed by atoms with van der Waals surface area (Å²) in [6.07, 6.45) is 2.07. The Kier molecular flexibility index (Phi) is 10.8. The summed E-state index contributed by atoms with van der Waals surface area (Å²) >= 11 is 0. The average Bonchev–Trinajstić information content (AvgIpc) is 2.64. The van der Waals surface area contributed by atoms with E-state index in [2.05, 4.69) is 10.3 Å². The molecule has 1 aliphatic heterocycles. The number of carbonyl (C=O) groups is 1. The topological polar surface area (TPSA) is 89.2 Å². The number of piperidine rings is 1. The molecule has 1 heterocycles. The van der Waals surface area contributed by atoms with Crippen LogP contribution in [0.5, 0.6) is 5.75 Å². The standard InChI is InChI=1S/C18H27FN4O3.HI/c1-2-25-18(24)23-11-8-15(9-12-23)22-17(20)21-10-3-13-26-16-6-4-14(19)5-7-16;/h4-7,15H,2-3,8-13H2,1H3,(H3,20,21,22);1H. The van der Waals surface area contributed by atoms with E-state index in [4.69, 9.17) is 15.2 Å². The molecule has 152 valence electrons. The SMILES string of the molecule is CCOC(=O)N1CCC(NC(N)=NCCCOc2ccc(F)cc2)CC1.I. The maximum atomic E-state index is 12.8. The number of hydrogen-bond donors (Lipinski definition) is 2. The molecule has 0 unspecified atom stereocenters. The maximum absolute atomic E-state index is 12.8. The van der Waals surface area contributed by atoms with Gasteiger partial charge < -0.3 is 25.4 Å². The van der Waals surface area contributed by atoms with Crippen LogP contribution in [0.2, 0.25) is 0 Å². The Labute approximate surface area is 176 Å². The van der Waals surface area contributed by atoms with Gasteiger partial charge in [-0.05, 0) is 44.0 Å². The lowest BCUT2D eigenvalue weighted by Gasteiger charge is -2.31. The van der Waals surface area contributed by atoms with Gasteiger partial charge in [-0.15, -0.1) is 24.0 Å². The number of hydrogen-bond acceptors (Lipinski definition) is 4. The number of guanidine groups is 1. The van der Waals surface area contributed by atoms with Crippen LogP contribution in [0.4, 0.5) is 9.18 Å². The van der Waals surface area contributed by atoms with Crippen LogP contribution in [0.25, 0.3) is 0 Å². The fourth-order valence-electron chi connectivity index (χ4n) is 2.66. The summed E-state index contributed by atoms with van der Waals surface area (Å²) in [5, 5.41) is 3.19. The fourth-order valence-corrected chi connectivity index (χ4v) is 2.66. The number of rotatable bonds is 7. The minimum atomic E-state index is -0.283. The average molecular weight is 494 g/mol. The number of nitrogens with zero attached hydrogens (tertiary/aromatic N) is 2. The number of halogens is 2. The summed E-state index contributed by atoms with van der Waals surface area (Å²) in [5.74, 6) is 0.755. The first-order valence-electron chi connectivity index (χ1n) is 8.95. The second-order valence-electron chi connectivity index (χ2n) is 6.03. The van der Waals surface area contributed by atoms with Gasteiger partial charge in [0.25, 0.3) is 0 Å². The van der Waals surface area contributed by atoms with E-state index in [1.165, 1.54) is 12.1 Å². The van der Waals surface area contributed by atoms with Crippen molar-refractivity contribution < 1.29 is 18.7 Å². The zero-order valence-corrected chi connectivity index (χ0v) is 17.9. The van der Waals surface area contributed by atoms with Crippen molar-refractivity contribution >= 4 is 36.0 Å². The monoisotopic (exact) mass is 494 g/mol. The lowest BCUT2D eigenvalue weighted by Crippen LogP contribution is -2.48. The van der Waals surface area contributed by atoms with E-state index in [0.717, 1.165) is 12.8 Å². The molecule has 7 nitrogen and oxygen atoms in total. The van der Waals surface area contributed by atoms with Crippen molar-refractivity contribution in [3.8, 4) is 5.75 Å². The molecule has 0 radical (unpaired) electrons. The van der Waals surface area contributed by atoms with Gasteiger partial charge in [0.15, 0.2) is 5.96 Å². The number of ether oxygens (including phenoxy) is 2. The van der Waals surface area contributed by atoms with Crippen LogP contribution in [0, 0.1) is 5.82 Å². The van der Waals surface area contributed by atoms with Gasteiger partial charge in [-0.3, -0.25) is 4.99 Å². The first-order valence-corrected chi connectivity index (χ1v) is 8.95. The quantitative estimate of drug-likeness (QED) is 0.264. The van der Waals surface area contributed by atoms with E-state index >= 15 is 0 Å². The smallest absolute Gasteiger partial charge is 0.409 e. The van der Waals surface area contributed by atoms with Crippen LogP contribution in [-0.2, 0) is 4.74 Å². The lowest BCUT2D eigenvalue weighted by molar-refractivity contribution is 0.0963. The first-order chi connectivity index (χ1) is 12.6. The fraction of sp³-hybridized carbons (Fsp3) is 0.556. The Balaban J connectivity index is 0.00000364. The van der Waals surface area contributed by atoms with Crippen molar-refractivity contribution in [1.29, 1.82) is 0 Å². The van der Waals surface area contributed by atoms with Crippen LogP contribution in [0.1, 0.15) is 26.2 Å². The molecule has 0 saturated carbocycles. The number of likely N-dealkylation sites (tertiary alicyclic amines) is 1. The molecule has 3 N–H and O–H groups in total. The van der Waals surface area contributed by atoms with Crippen molar-refractivity contribution in [3.63, 3.8) is 0 Å². The Hall–Kier alpha value is -1.78. The highest BCUT2D eigenvalue weighted by Gasteiger charge is 2.23. The van der Waals surface area contributed by atoms with Gasteiger partial charge in [-0.1, -0.05) is 0 Å². The minimum Gasteiger partial charge on any atom is -0.494 e. The molecule has 27 heavy (non-hydrogen) atoms. The third-order valence-electron chi connectivity index (χ3n) is 4.04. The molecule has 1 aromatic carbocycles. The molecule has 0 spiro atoms. The van der Waals surface area contributed by atoms with E-state index in [1.807, 2.05) is 0 Å². The number of carbonyl (C=O) groups excluding carboxylic acids is 1. The molecule has 0 bridgehead atoms. The predicted molar refractivity (Wildman–Crippen MR) is 113 cm³/mol. The molecule has 1 aliphatic rings. The van der Waals surface area contributed by atoms with Crippen molar-refractivity contribution in [2.24, 2.45) is 10.7 Å². The molecule has 1 aromatic rings. The van der Waals surface area contributed by atoms with Crippen LogP contribution in [-0.4, -0.2) is 55.8 Å². The summed E-state index contributed by atoms with van der Waals surface area (Å²) in [5.41, 5.74) is 5.91. The van der Waals surface area contributed by atoms with E-state index < -0.39 is 0 Å². The highest BCUT2D eigenvalue weighted by atomic mass is 127. The van der Waals surface area contributed by atoms with Crippen molar-refractivity contribution in [2.75, 3.05) is 32.8 Å². The first kappa shape index (κ1) is 23.3. The number of benzene rings is 1. The van der Waals surface area contributed by atoms with Gasteiger partial charge in [0.05, 0.1) is 13.2 Å². The van der Waals surface area contributed by atoms with Gasteiger partial charge in [-0.2, -0.15) is 0 Å². The van der Waals surface area contributed by atoms with Crippen LogP contribution >= 0.6 is 24.0 Å². The third kappa shape index (κ3) is 8.63. The Bertz CT molecular complexity index is 593. The minimum absolute atomic E-state index is 0. The second kappa shape index (κ2) is 12.6. The number of nitrogens with one attached hydrogen (secondary N) is 1. The summed E-state index contributed by atoms with van der Waals surface area (Å²) in [6.45, 7) is 4.52. The highest BCUT2D eigenvalue weighted by molar-refractivity contribution is 14.0. The number of aliphatic imine (C=N–C) groups is 1. The van der Waals surface area contributed by atoms with E-state index in [-0.39, 0.29) is 41.9 Å². The van der Waals surface area contributed by atoms with Gasteiger partial charge >= 0.3 is 6.09 Å². The van der Waals surface area contributed by atoms with Gasteiger partial charge in [0, 0.05) is 32.1 Å². The third-order valence-corrected chi connectivity index (χ3v) is 4.04. The van der Waals surface area contributed by atoms with Gasteiger partial charge in [-0.25, -0.2) is 9.18 Å². The summed E-state index contributed by atoms with van der Waals surface area (Å²) in [7, 11) is 0. The van der Waals surface area contributed by atoms with E-state index in [1.54, 1.807) is 24.0 Å². The molecule has 9 heteroatoms. The van der Waals surface area contributed by atoms with Gasteiger partial charge in [0.2, 0.25) is 0 Å². The largest absolute Gasteiger partial charge is 0.494 e. The highest BCUT2D eigenvalue weighted by Crippen LogP contribution is 2.12. The number of amides is 1. The van der Waals surface area contributed by atoms with E-state index in [9.17, 15) is 9.18 Å². The summed E-state index contributed by atoms with van der Waals surface area (Å²) in [6, 6.07) is 6.12. The molecule has 1 fully saturated rings. The zero-order valence-electron chi connectivity index (χ0n) is 15.5. The van der Waals surface area contributed by atoms with E-state index in [0.29, 0.717) is 51.0 Å².